The van der Waals surface area contributed by atoms with Gasteiger partial charge in [0.15, 0.2) is 17.2 Å². The number of carboxylic acids is 1. The highest BCUT2D eigenvalue weighted by molar-refractivity contribution is 6.34. The van der Waals surface area contributed by atoms with Crippen LogP contribution in [0.25, 0.3) is 6.08 Å². The maximum Gasteiger partial charge on any atom is 0.435 e. The Morgan fingerprint density at radius 2 is 1.75 bits per heavy atom. The number of hydrogen-bond acceptors (Lipinski definition) is 6. The fraction of sp³-hybridized carbons (Fsp3) is 0.143. The van der Waals surface area contributed by atoms with Crippen molar-refractivity contribution in [1.82, 2.24) is 0 Å². The molecular formula is C21H15F3N2O6. The van der Waals surface area contributed by atoms with E-state index in [9.17, 15) is 27.6 Å². The van der Waals surface area contributed by atoms with Crippen LogP contribution in [0.5, 0.6) is 11.5 Å². The van der Waals surface area contributed by atoms with E-state index in [1.807, 2.05) is 0 Å². The van der Waals surface area contributed by atoms with E-state index in [0.29, 0.717) is 5.01 Å². The Morgan fingerprint density at radius 3 is 2.28 bits per heavy atom. The van der Waals surface area contributed by atoms with Crippen LogP contribution in [0.15, 0.2) is 53.1 Å². The van der Waals surface area contributed by atoms with Crippen LogP contribution in [-0.4, -0.2) is 42.0 Å². The second-order valence-electron chi connectivity index (χ2n) is 6.48. The third-order valence-corrected chi connectivity index (χ3v) is 4.26. The molecule has 166 valence electrons. The fourth-order valence-electron chi connectivity index (χ4n) is 2.85. The third-order valence-electron chi connectivity index (χ3n) is 4.26. The molecule has 0 aromatic heterocycles. The number of esters is 1. The third kappa shape index (κ3) is 4.61. The maximum atomic E-state index is 13.6. The number of carbonyl (C=O) groups is 3. The lowest BCUT2D eigenvalue weighted by atomic mass is 10.1. The van der Waals surface area contributed by atoms with Crippen LogP contribution >= 0.6 is 0 Å². The van der Waals surface area contributed by atoms with Crippen molar-refractivity contribution < 1.29 is 42.1 Å². The normalized spacial score (nSPS) is 15.0. The first kappa shape index (κ1) is 22.5. The molecule has 0 saturated heterocycles. The van der Waals surface area contributed by atoms with Gasteiger partial charge in [-0.2, -0.15) is 23.3 Å². The van der Waals surface area contributed by atoms with Gasteiger partial charge in [0, 0.05) is 6.92 Å². The van der Waals surface area contributed by atoms with E-state index < -0.39 is 35.3 Å². The standard InChI is InChI=1S/C21H15F3N2O6/c1-11(27)32-16-8-3-12(10-17(16)31-2)9-15-18(21(22,23)24)25-26(19(15)28)14-6-4-13(5-7-14)20(29)30/h3-10H,1-2H3,(H,29,30). The zero-order valence-corrected chi connectivity index (χ0v) is 16.6. The summed E-state index contributed by atoms with van der Waals surface area (Å²) in [4.78, 5) is 34.9. The van der Waals surface area contributed by atoms with Gasteiger partial charge in [0.05, 0.1) is 23.9 Å². The highest BCUT2D eigenvalue weighted by Crippen LogP contribution is 2.34. The smallest absolute Gasteiger partial charge is 0.435 e. The number of carboxylic acid groups (broad SMARTS) is 1. The maximum absolute atomic E-state index is 13.6. The van der Waals surface area contributed by atoms with E-state index in [2.05, 4.69) is 5.10 Å². The van der Waals surface area contributed by atoms with Crippen LogP contribution in [0.1, 0.15) is 22.8 Å². The second-order valence-corrected chi connectivity index (χ2v) is 6.48. The van der Waals surface area contributed by atoms with Gasteiger partial charge in [0.2, 0.25) is 0 Å². The van der Waals surface area contributed by atoms with Crippen molar-refractivity contribution in [1.29, 1.82) is 0 Å². The molecule has 0 atom stereocenters. The Morgan fingerprint density at radius 1 is 1.09 bits per heavy atom. The first-order valence-electron chi connectivity index (χ1n) is 8.93. The number of halogens is 3. The van der Waals surface area contributed by atoms with Crippen molar-refractivity contribution in [3.63, 3.8) is 0 Å². The molecule has 32 heavy (non-hydrogen) atoms. The number of alkyl halides is 3. The second kappa shape index (κ2) is 8.53. The van der Waals surface area contributed by atoms with Crippen molar-refractivity contribution in [2.24, 2.45) is 5.10 Å². The molecule has 1 heterocycles. The van der Waals surface area contributed by atoms with Gasteiger partial charge >= 0.3 is 18.1 Å². The van der Waals surface area contributed by atoms with E-state index in [4.69, 9.17) is 14.6 Å². The first-order chi connectivity index (χ1) is 15.0. The summed E-state index contributed by atoms with van der Waals surface area (Å²) in [5.74, 6) is -2.76. The monoisotopic (exact) mass is 448 g/mol. The molecule has 0 spiro atoms. The number of hydrogen-bond donors (Lipinski definition) is 1. The van der Waals surface area contributed by atoms with Gasteiger partial charge in [-0.15, -0.1) is 0 Å². The summed E-state index contributed by atoms with van der Waals surface area (Å²) in [6.45, 7) is 1.18. The van der Waals surface area contributed by atoms with Crippen LogP contribution in [0.3, 0.4) is 0 Å². The molecule has 0 aliphatic carbocycles. The molecule has 0 saturated carbocycles. The van der Waals surface area contributed by atoms with Crippen molar-refractivity contribution in [3.05, 3.63) is 59.2 Å². The predicted octanol–water partition coefficient (Wildman–Crippen LogP) is 3.67. The molecule has 1 aliphatic heterocycles. The van der Waals surface area contributed by atoms with Gasteiger partial charge in [-0.3, -0.25) is 9.59 Å². The molecule has 2 aromatic carbocycles. The van der Waals surface area contributed by atoms with Gasteiger partial charge in [0.25, 0.3) is 5.91 Å². The zero-order chi connectivity index (χ0) is 23.6. The lowest BCUT2D eigenvalue weighted by Crippen LogP contribution is -2.25. The topological polar surface area (TPSA) is 106 Å². The van der Waals surface area contributed by atoms with Crippen molar-refractivity contribution in [2.45, 2.75) is 13.1 Å². The van der Waals surface area contributed by atoms with Gasteiger partial charge in [-0.25, -0.2) is 4.79 Å². The molecule has 8 nitrogen and oxygen atoms in total. The van der Waals surface area contributed by atoms with E-state index >= 15 is 0 Å². The van der Waals surface area contributed by atoms with E-state index in [1.54, 1.807) is 0 Å². The van der Waals surface area contributed by atoms with Crippen LogP contribution in [-0.2, 0) is 9.59 Å². The first-order valence-corrected chi connectivity index (χ1v) is 8.93. The quantitative estimate of drug-likeness (QED) is 0.425. The van der Waals surface area contributed by atoms with Crippen LogP contribution in [0.2, 0.25) is 0 Å². The van der Waals surface area contributed by atoms with Crippen LogP contribution in [0, 0.1) is 0 Å². The van der Waals surface area contributed by atoms with E-state index in [-0.39, 0.29) is 28.3 Å². The minimum absolute atomic E-state index is 0.0343. The number of amides is 1. The van der Waals surface area contributed by atoms with Gasteiger partial charge in [-0.05, 0) is 48.0 Å². The Hall–Kier alpha value is -4.15. The number of ether oxygens (including phenoxy) is 2. The van der Waals surface area contributed by atoms with Gasteiger partial charge in [0.1, 0.15) is 0 Å². The number of rotatable bonds is 5. The van der Waals surface area contributed by atoms with Gasteiger partial charge in [-0.1, -0.05) is 6.07 Å². The number of carbonyl (C=O) groups excluding carboxylic acids is 2. The number of anilines is 1. The number of benzene rings is 2. The number of nitrogens with zero attached hydrogens (tertiary/aromatic N) is 2. The molecule has 3 rings (SSSR count). The number of hydrazone groups is 1. The average Bonchev–Trinajstić information content (AvgIpc) is 3.05. The Kier molecular flexibility index (Phi) is 6.01. The lowest BCUT2D eigenvalue weighted by molar-refractivity contribution is -0.132. The SMILES string of the molecule is COc1cc(C=C2C(=O)N(c3ccc(C(=O)O)cc3)N=C2C(F)(F)F)ccc1OC(C)=O. The minimum Gasteiger partial charge on any atom is -0.493 e. The van der Waals surface area contributed by atoms with Crippen molar-refractivity contribution in [2.75, 3.05) is 12.1 Å². The summed E-state index contributed by atoms with van der Waals surface area (Å²) >= 11 is 0. The largest absolute Gasteiger partial charge is 0.493 e. The molecule has 1 N–H and O–H groups in total. The summed E-state index contributed by atoms with van der Waals surface area (Å²) in [6.07, 6.45) is -3.95. The zero-order valence-electron chi connectivity index (χ0n) is 16.6. The average molecular weight is 448 g/mol. The molecule has 0 fully saturated rings. The fourth-order valence-corrected chi connectivity index (χ4v) is 2.85. The Balaban J connectivity index is 2.02. The number of aromatic carboxylic acids is 1. The Labute approximate surface area is 179 Å². The molecule has 11 heteroatoms. The highest BCUT2D eigenvalue weighted by Gasteiger charge is 2.46. The molecule has 1 amide bonds. The van der Waals surface area contributed by atoms with Crippen LogP contribution in [0.4, 0.5) is 18.9 Å². The van der Waals surface area contributed by atoms with Gasteiger partial charge < -0.3 is 14.6 Å². The highest BCUT2D eigenvalue weighted by atomic mass is 19.4. The summed E-state index contributed by atoms with van der Waals surface area (Å²) in [6, 6.07) is 8.62. The molecule has 0 radical (unpaired) electrons. The predicted molar refractivity (Wildman–Crippen MR) is 107 cm³/mol. The summed E-state index contributed by atoms with van der Waals surface area (Å²) < 4.78 is 50.8. The molecular weight excluding hydrogens is 433 g/mol. The minimum atomic E-state index is -4.93. The summed E-state index contributed by atoms with van der Waals surface area (Å²) in [5, 5.41) is 12.9. The molecule has 0 unspecified atom stereocenters. The van der Waals surface area contributed by atoms with Crippen molar-refractivity contribution in [3.8, 4) is 11.5 Å². The lowest BCUT2D eigenvalue weighted by Gasteiger charge is -2.12. The summed E-state index contributed by atoms with van der Waals surface area (Å²) in [5.41, 5.74) is -2.10. The van der Waals surface area contributed by atoms with E-state index in [1.165, 1.54) is 44.4 Å². The molecule has 1 aliphatic rings. The Bertz CT molecular complexity index is 1150. The van der Waals surface area contributed by atoms with E-state index in [0.717, 1.165) is 18.2 Å². The van der Waals surface area contributed by atoms with Crippen LogP contribution < -0.4 is 14.5 Å². The summed E-state index contributed by atoms with van der Waals surface area (Å²) in [7, 11) is 1.28. The molecule has 2 aromatic rings. The molecule has 0 bridgehead atoms. The number of methoxy groups -OCH3 is 1. The van der Waals surface area contributed by atoms with Crippen molar-refractivity contribution >= 4 is 35.3 Å².